The summed E-state index contributed by atoms with van der Waals surface area (Å²) in [5.74, 6) is 0. The average Bonchev–Trinajstić information content (AvgIpc) is 2.95. The second-order valence-corrected chi connectivity index (χ2v) is 7.89. The van der Waals surface area contributed by atoms with Gasteiger partial charge in [-0.25, -0.2) is 4.79 Å². The molecule has 0 aromatic heterocycles. The second-order valence-electron chi connectivity index (χ2n) is 7.48. The molecule has 1 aromatic carbocycles. The summed E-state index contributed by atoms with van der Waals surface area (Å²) in [7, 11) is 0. The molecule has 1 saturated carbocycles. The minimum Gasteiger partial charge on any atom is -0.450 e. The molecule has 0 radical (unpaired) electrons. The zero-order chi connectivity index (χ0) is 19.3. The summed E-state index contributed by atoms with van der Waals surface area (Å²) in [5.41, 5.74) is 0.495. The molecule has 0 atom stereocenters. The molecule has 0 spiro atoms. The van der Waals surface area contributed by atoms with Crippen LogP contribution in [0.5, 0.6) is 0 Å². The summed E-state index contributed by atoms with van der Waals surface area (Å²) in [4.78, 5) is 16.3. The van der Waals surface area contributed by atoms with Crippen LogP contribution in [0, 0.1) is 11.3 Å². The molecule has 2 aliphatic rings. The van der Waals surface area contributed by atoms with E-state index in [1.807, 2.05) is 36.1 Å². The first-order valence-corrected chi connectivity index (χ1v) is 10.3. The maximum atomic E-state index is 12.0. The van der Waals surface area contributed by atoms with Gasteiger partial charge in [-0.3, -0.25) is 4.90 Å². The Bertz CT molecular complexity index is 695. The van der Waals surface area contributed by atoms with E-state index in [1.165, 1.54) is 0 Å². The van der Waals surface area contributed by atoms with Crippen LogP contribution in [0.2, 0.25) is 5.02 Å². The van der Waals surface area contributed by atoms with E-state index in [9.17, 15) is 10.1 Å². The molecule has 1 aliphatic heterocycles. The molecule has 5 nitrogen and oxygen atoms in total. The number of hydrogen-bond acceptors (Lipinski definition) is 4. The van der Waals surface area contributed by atoms with Crippen molar-refractivity contribution in [2.45, 2.75) is 50.5 Å². The van der Waals surface area contributed by atoms with Crippen LogP contribution < -0.4 is 0 Å². The quantitative estimate of drug-likeness (QED) is 0.777. The molecule has 2 fully saturated rings. The monoisotopic (exact) mass is 389 g/mol. The summed E-state index contributed by atoms with van der Waals surface area (Å²) in [6.07, 6.45) is 4.39. The zero-order valence-electron chi connectivity index (χ0n) is 16.0. The van der Waals surface area contributed by atoms with Gasteiger partial charge in [-0.15, -0.1) is 0 Å². The number of nitriles is 1. The van der Waals surface area contributed by atoms with Crippen LogP contribution >= 0.6 is 11.6 Å². The first-order chi connectivity index (χ1) is 13.1. The van der Waals surface area contributed by atoms with E-state index < -0.39 is 5.41 Å². The van der Waals surface area contributed by atoms with Crippen molar-refractivity contribution in [2.24, 2.45) is 0 Å². The lowest BCUT2D eigenvalue weighted by atomic mass is 9.69. The van der Waals surface area contributed by atoms with Gasteiger partial charge in [0.1, 0.15) is 0 Å². The molecule has 146 valence electrons. The van der Waals surface area contributed by atoms with E-state index in [1.54, 1.807) is 0 Å². The van der Waals surface area contributed by atoms with Crippen molar-refractivity contribution in [3.05, 3.63) is 34.9 Å². The lowest BCUT2D eigenvalue weighted by Gasteiger charge is -2.40. The van der Waals surface area contributed by atoms with Gasteiger partial charge in [0.2, 0.25) is 0 Å². The van der Waals surface area contributed by atoms with E-state index in [0.717, 1.165) is 57.3 Å². The van der Waals surface area contributed by atoms with Gasteiger partial charge in [0.25, 0.3) is 0 Å². The number of amides is 1. The number of hydrogen-bond donors (Lipinski definition) is 0. The first-order valence-electron chi connectivity index (χ1n) is 9.91. The highest BCUT2D eigenvalue weighted by atomic mass is 35.5. The van der Waals surface area contributed by atoms with Gasteiger partial charge < -0.3 is 9.64 Å². The van der Waals surface area contributed by atoms with Crippen LogP contribution in [0.15, 0.2) is 24.3 Å². The normalized spacial score (nSPS) is 26.9. The third-order valence-electron chi connectivity index (χ3n) is 5.99. The van der Waals surface area contributed by atoms with Gasteiger partial charge in [0.15, 0.2) is 0 Å². The van der Waals surface area contributed by atoms with E-state index in [4.69, 9.17) is 16.3 Å². The summed E-state index contributed by atoms with van der Waals surface area (Å²) in [6.45, 7) is 5.58. The minimum absolute atomic E-state index is 0.204. The molecule has 1 amide bonds. The predicted molar refractivity (Wildman–Crippen MR) is 106 cm³/mol. The van der Waals surface area contributed by atoms with Crippen molar-refractivity contribution >= 4 is 17.7 Å². The Balaban J connectivity index is 1.61. The Morgan fingerprint density at radius 2 is 2.00 bits per heavy atom. The minimum atomic E-state index is -0.475. The van der Waals surface area contributed by atoms with Crippen molar-refractivity contribution in [1.29, 1.82) is 5.26 Å². The second kappa shape index (κ2) is 8.95. The summed E-state index contributed by atoms with van der Waals surface area (Å²) in [6, 6.07) is 10.8. The molecule has 27 heavy (non-hydrogen) atoms. The molecule has 1 aromatic rings. The highest BCUT2D eigenvalue weighted by Gasteiger charge is 2.40. The van der Waals surface area contributed by atoms with Gasteiger partial charge in [0, 0.05) is 37.2 Å². The molecule has 1 aliphatic carbocycles. The summed E-state index contributed by atoms with van der Waals surface area (Å²) < 4.78 is 5.14. The Kier molecular flexibility index (Phi) is 6.62. The van der Waals surface area contributed by atoms with Crippen molar-refractivity contribution in [1.82, 2.24) is 9.80 Å². The van der Waals surface area contributed by atoms with Gasteiger partial charge in [0.05, 0.1) is 18.1 Å². The van der Waals surface area contributed by atoms with E-state index >= 15 is 0 Å². The lowest BCUT2D eigenvalue weighted by molar-refractivity contribution is 0.104. The van der Waals surface area contributed by atoms with Crippen molar-refractivity contribution in [3.8, 4) is 6.07 Å². The van der Waals surface area contributed by atoms with Crippen LogP contribution in [0.4, 0.5) is 4.79 Å². The van der Waals surface area contributed by atoms with Crippen LogP contribution in [0.1, 0.15) is 44.6 Å². The van der Waals surface area contributed by atoms with Crippen LogP contribution in [-0.2, 0) is 10.2 Å². The Morgan fingerprint density at radius 3 is 2.67 bits per heavy atom. The third kappa shape index (κ3) is 4.39. The molecule has 3 rings (SSSR count). The summed E-state index contributed by atoms with van der Waals surface area (Å²) in [5, 5.41) is 10.6. The maximum Gasteiger partial charge on any atom is 0.409 e. The number of carbonyl (C=O) groups excluding carboxylic acids is 1. The van der Waals surface area contributed by atoms with Crippen molar-refractivity contribution < 1.29 is 9.53 Å². The fraction of sp³-hybridized carbons (Fsp3) is 0.619. The Morgan fingerprint density at radius 1 is 1.26 bits per heavy atom. The van der Waals surface area contributed by atoms with Crippen LogP contribution in [0.25, 0.3) is 0 Å². The number of nitrogens with zero attached hydrogens (tertiary/aromatic N) is 3. The lowest BCUT2D eigenvalue weighted by Crippen LogP contribution is -2.44. The number of carbonyl (C=O) groups is 1. The van der Waals surface area contributed by atoms with Gasteiger partial charge >= 0.3 is 6.09 Å². The maximum absolute atomic E-state index is 12.0. The third-order valence-corrected chi connectivity index (χ3v) is 6.31. The highest BCUT2D eigenvalue weighted by molar-refractivity contribution is 6.31. The van der Waals surface area contributed by atoms with Crippen molar-refractivity contribution in [3.63, 3.8) is 0 Å². The van der Waals surface area contributed by atoms with E-state index in [2.05, 4.69) is 11.0 Å². The molecule has 0 unspecified atom stereocenters. The average molecular weight is 390 g/mol. The zero-order valence-corrected chi connectivity index (χ0v) is 16.7. The number of benzene rings is 1. The molecule has 1 heterocycles. The molecule has 1 saturated heterocycles. The highest BCUT2D eigenvalue weighted by Crippen LogP contribution is 2.43. The largest absolute Gasteiger partial charge is 0.450 e. The van der Waals surface area contributed by atoms with Crippen LogP contribution in [0.3, 0.4) is 0 Å². The van der Waals surface area contributed by atoms with Crippen LogP contribution in [-0.4, -0.2) is 54.7 Å². The fourth-order valence-corrected chi connectivity index (χ4v) is 4.77. The molecule has 6 heteroatoms. The van der Waals surface area contributed by atoms with E-state index in [-0.39, 0.29) is 6.09 Å². The first kappa shape index (κ1) is 20.0. The van der Waals surface area contributed by atoms with Gasteiger partial charge in [-0.2, -0.15) is 5.26 Å². The smallest absolute Gasteiger partial charge is 0.409 e. The van der Waals surface area contributed by atoms with Gasteiger partial charge in [-0.05, 0) is 50.7 Å². The Hall–Kier alpha value is -1.77. The predicted octanol–water partition coefficient (Wildman–Crippen LogP) is 4.21. The standard InChI is InChI=1S/C21H28ClN3O2/c1-2-27-20(26)25-13-5-12-24(14-15-25)17-8-10-21(16-23,11-9-17)18-6-3-4-7-19(18)22/h3-4,6-7,17H,2,5,8-15H2,1H3. The molecule has 0 bridgehead atoms. The van der Waals surface area contributed by atoms with Gasteiger partial charge in [-0.1, -0.05) is 29.8 Å². The Labute approximate surface area is 166 Å². The van der Waals surface area contributed by atoms with Crippen molar-refractivity contribution in [2.75, 3.05) is 32.8 Å². The number of rotatable bonds is 3. The SMILES string of the molecule is CCOC(=O)N1CCCN(C2CCC(C#N)(c3ccccc3Cl)CC2)CC1. The van der Waals surface area contributed by atoms with E-state index in [0.29, 0.717) is 24.2 Å². The summed E-state index contributed by atoms with van der Waals surface area (Å²) >= 11 is 6.39. The molecular formula is C21H28ClN3O2. The number of ether oxygens (including phenoxy) is 1. The molecule has 0 N–H and O–H groups in total. The fourth-order valence-electron chi connectivity index (χ4n) is 4.45. The topological polar surface area (TPSA) is 56.6 Å². The number of halogens is 1. The molecular weight excluding hydrogens is 362 g/mol.